The monoisotopic (exact) mass is 460 g/mol. The summed E-state index contributed by atoms with van der Waals surface area (Å²) in [5.41, 5.74) is 5.05. The molecule has 1 fully saturated rings. The first-order valence-corrected chi connectivity index (χ1v) is 11.4. The maximum Gasteiger partial charge on any atom is 0.269 e. The van der Waals surface area contributed by atoms with Crippen molar-refractivity contribution in [3.8, 4) is 11.1 Å². The van der Waals surface area contributed by atoms with Gasteiger partial charge in [-0.2, -0.15) is 0 Å². The summed E-state index contributed by atoms with van der Waals surface area (Å²) in [4.78, 5) is 42.3. The number of carbonyl (C=O) groups is 3. The van der Waals surface area contributed by atoms with Crippen LogP contribution >= 0.6 is 11.6 Å². The van der Waals surface area contributed by atoms with Crippen LogP contribution in [0.5, 0.6) is 0 Å². The van der Waals surface area contributed by atoms with Crippen molar-refractivity contribution in [3.63, 3.8) is 0 Å². The number of benzene rings is 2. The van der Waals surface area contributed by atoms with Crippen molar-refractivity contribution in [3.05, 3.63) is 88.2 Å². The Kier molecular flexibility index (Phi) is 6.70. The molecule has 4 rings (SSSR count). The van der Waals surface area contributed by atoms with Crippen LogP contribution in [0.1, 0.15) is 45.9 Å². The quantitative estimate of drug-likeness (QED) is 0.520. The molecule has 1 amide bonds. The van der Waals surface area contributed by atoms with Gasteiger partial charge in [0.05, 0.1) is 0 Å². The number of nitrogens with one attached hydrogen (secondary N) is 1. The summed E-state index contributed by atoms with van der Waals surface area (Å²) in [6.07, 6.45) is 2.20. The Morgan fingerprint density at radius 2 is 1.73 bits per heavy atom. The van der Waals surface area contributed by atoms with Gasteiger partial charge in [-0.05, 0) is 72.4 Å². The van der Waals surface area contributed by atoms with Gasteiger partial charge in [0.15, 0.2) is 5.78 Å². The van der Waals surface area contributed by atoms with Gasteiger partial charge in [0, 0.05) is 30.1 Å². The molecule has 1 aliphatic carbocycles. The molecule has 1 N–H and O–H groups in total. The van der Waals surface area contributed by atoms with E-state index in [1.54, 1.807) is 24.4 Å². The highest BCUT2D eigenvalue weighted by Gasteiger charge is 2.42. The van der Waals surface area contributed by atoms with Gasteiger partial charge in [0.2, 0.25) is 0 Å². The lowest BCUT2D eigenvalue weighted by Crippen LogP contribution is -2.27. The molecule has 1 aliphatic rings. The van der Waals surface area contributed by atoms with Gasteiger partial charge in [0.25, 0.3) is 5.91 Å². The Bertz CT molecular complexity index is 1180. The first-order chi connectivity index (χ1) is 15.8. The number of ketones is 2. The Morgan fingerprint density at radius 3 is 2.36 bits per heavy atom. The summed E-state index contributed by atoms with van der Waals surface area (Å²) in [5.74, 6) is -1.51. The van der Waals surface area contributed by atoms with Gasteiger partial charge < -0.3 is 5.32 Å². The lowest BCUT2D eigenvalue weighted by Gasteiger charge is -2.17. The smallest absolute Gasteiger partial charge is 0.269 e. The van der Waals surface area contributed by atoms with Crippen molar-refractivity contribution in [2.24, 2.45) is 5.92 Å². The molecule has 0 aliphatic heterocycles. The van der Waals surface area contributed by atoms with Gasteiger partial charge in [0.1, 0.15) is 17.4 Å². The predicted molar refractivity (Wildman–Crippen MR) is 128 cm³/mol. The number of hydrogen-bond donors (Lipinski definition) is 1. The SMILES string of the molecule is Cc1cc(-c2ccc(Cl)cc2)cc(C)c1C1C(=O)CC(CCNC(=O)c2ccccn2)C1=O. The third-order valence-corrected chi connectivity index (χ3v) is 6.44. The number of carbonyl (C=O) groups excluding carboxylic acids is 3. The molecule has 0 bridgehead atoms. The van der Waals surface area contributed by atoms with E-state index >= 15 is 0 Å². The van der Waals surface area contributed by atoms with Crippen LogP contribution in [-0.2, 0) is 9.59 Å². The Balaban J connectivity index is 1.47. The third-order valence-electron chi connectivity index (χ3n) is 6.19. The second-order valence-corrected chi connectivity index (χ2v) is 8.93. The summed E-state index contributed by atoms with van der Waals surface area (Å²) in [7, 11) is 0. The number of Topliss-reactive ketones (excluding diaryl/α,β-unsaturated/α-hetero) is 2. The Labute approximate surface area is 198 Å². The van der Waals surface area contributed by atoms with E-state index in [9.17, 15) is 14.4 Å². The molecule has 1 heterocycles. The van der Waals surface area contributed by atoms with Crippen molar-refractivity contribution in [1.29, 1.82) is 0 Å². The van der Waals surface area contributed by atoms with E-state index in [1.807, 2.05) is 50.2 Å². The minimum Gasteiger partial charge on any atom is -0.351 e. The normalized spacial score (nSPS) is 17.9. The maximum atomic E-state index is 13.2. The molecular formula is C27H25ClN2O3. The van der Waals surface area contributed by atoms with Crippen LogP contribution in [0, 0.1) is 19.8 Å². The topological polar surface area (TPSA) is 76.1 Å². The van der Waals surface area contributed by atoms with E-state index in [2.05, 4.69) is 10.3 Å². The van der Waals surface area contributed by atoms with Gasteiger partial charge in [-0.15, -0.1) is 0 Å². The second-order valence-electron chi connectivity index (χ2n) is 8.49. The van der Waals surface area contributed by atoms with Crippen molar-refractivity contribution in [1.82, 2.24) is 10.3 Å². The molecule has 168 valence electrons. The summed E-state index contributed by atoms with van der Waals surface area (Å²) in [6.45, 7) is 4.21. The number of aryl methyl sites for hydroxylation is 2. The minimum absolute atomic E-state index is 0.0495. The van der Waals surface area contributed by atoms with E-state index in [-0.39, 0.29) is 29.8 Å². The first-order valence-electron chi connectivity index (χ1n) is 11.0. The molecule has 0 spiro atoms. The fraction of sp³-hybridized carbons (Fsp3) is 0.259. The lowest BCUT2D eigenvalue weighted by atomic mass is 9.85. The summed E-state index contributed by atoms with van der Waals surface area (Å²) in [6, 6.07) is 16.8. The van der Waals surface area contributed by atoms with Crippen LogP contribution in [0.15, 0.2) is 60.8 Å². The molecule has 0 radical (unpaired) electrons. The highest BCUT2D eigenvalue weighted by molar-refractivity contribution is 6.30. The van der Waals surface area contributed by atoms with Crippen LogP contribution in [-0.4, -0.2) is 29.0 Å². The number of halogens is 1. The molecule has 2 aromatic carbocycles. The molecule has 1 saturated carbocycles. The largest absolute Gasteiger partial charge is 0.351 e. The van der Waals surface area contributed by atoms with Crippen LogP contribution in [0.4, 0.5) is 0 Å². The van der Waals surface area contributed by atoms with Gasteiger partial charge in [-0.3, -0.25) is 19.4 Å². The van der Waals surface area contributed by atoms with Crippen molar-refractivity contribution in [2.75, 3.05) is 6.54 Å². The highest BCUT2D eigenvalue weighted by atomic mass is 35.5. The number of rotatable bonds is 6. The van der Waals surface area contributed by atoms with Gasteiger partial charge in [-0.1, -0.05) is 41.9 Å². The zero-order chi connectivity index (χ0) is 23.5. The third kappa shape index (κ3) is 4.88. The van der Waals surface area contributed by atoms with Crippen LogP contribution in [0.2, 0.25) is 5.02 Å². The van der Waals surface area contributed by atoms with Crippen molar-refractivity contribution >= 4 is 29.1 Å². The Hall–Kier alpha value is -3.31. The van der Waals surface area contributed by atoms with Crippen LogP contribution in [0.3, 0.4) is 0 Å². The van der Waals surface area contributed by atoms with E-state index in [4.69, 9.17) is 11.6 Å². The summed E-state index contributed by atoms with van der Waals surface area (Å²) >= 11 is 6.00. The first kappa shape index (κ1) is 22.9. The molecule has 6 heteroatoms. The number of amides is 1. The molecule has 2 atom stereocenters. The molecule has 3 aromatic rings. The van der Waals surface area contributed by atoms with Crippen molar-refractivity contribution < 1.29 is 14.4 Å². The van der Waals surface area contributed by atoms with Gasteiger partial charge >= 0.3 is 0 Å². The van der Waals surface area contributed by atoms with Crippen LogP contribution in [0.25, 0.3) is 11.1 Å². The molecule has 5 nitrogen and oxygen atoms in total. The zero-order valence-electron chi connectivity index (χ0n) is 18.6. The standard InChI is InChI=1S/C27H25ClN2O3/c1-16-13-20(18-6-8-21(28)9-7-18)14-17(2)24(16)25-23(31)15-19(26(25)32)10-12-30-27(33)22-5-3-4-11-29-22/h3-9,11,13-14,19,25H,10,12,15H2,1-2H3,(H,30,33). The van der Waals surface area contributed by atoms with E-state index in [1.165, 1.54) is 0 Å². The molecular weight excluding hydrogens is 436 g/mol. The maximum absolute atomic E-state index is 13.2. The van der Waals surface area contributed by atoms with Gasteiger partial charge in [-0.25, -0.2) is 0 Å². The molecule has 0 saturated heterocycles. The Morgan fingerprint density at radius 1 is 1.03 bits per heavy atom. The fourth-order valence-electron chi connectivity index (χ4n) is 4.59. The fourth-order valence-corrected chi connectivity index (χ4v) is 4.72. The van der Waals surface area contributed by atoms with E-state index < -0.39 is 5.92 Å². The highest BCUT2D eigenvalue weighted by Crippen LogP contribution is 2.38. The minimum atomic E-state index is -0.735. The predicted octanol–water partition coefficient (Wildman–Crippen LogP) is 5.08. The van der Waals surface area contributed by atoms with E-state index in [0.717, 1.165) is 27.8 Å². The number of nitrogens with zero attached hydrogens (tertiary/aromatic N) is 1. The number of aromatic nitrogens is 1. The lowest BCUT2D eigenvalue weighted by molar-refractivity contribution is -0.124. The molecule has 2 unspecified atom stereocenters. The zero-order valence-corrected chi connectivity index (χ0v) is 19.4. The number of pyridine rings is 1. The number of hydrogen-bond acceptors (Lipinski definition) is 4. The average Bonchev–Trinajstić information content (AvgIpc) is 3.07. The molecule has 1 aromatic heterocycles. The van der Waals surface area contributed by atoms with Crippen LogP contribution < -0.4 is 5.32 Å². The summed E-state index contributed by atoms with van der Waals surface area (Å²) in [5, 5.41) is 3.47. The average molecular weight is 461 g/mol. The second kappa shape index (κ2) is 9.67. The van der Waals surface area contributed by atoms with E-state index in [0.29, 0.717) is 23.7 Å². The summed E-state index contributed by atoms with van der Waals surface area (Å²) < 4.78 is 0. The van der Waals surface area contributed by atoms with Crippen molar-refractivity contribution in [2.45, 2.75) is 32.6 Å². The molecule has 33 heavy (non-hydrogen) atoms.